The van der Waals surface area contributed by atoms with Gasteiger partial charge in [0.05, 0.1) is 69.5 Å². The van der Waals surface area contributed by atoms with Gasteiger partial charge in [-0.1, -0.05) is 315 Å². The van der Waals surface area contributed by atoms with Gasteiger partial charge in [0.1, 0.15) is 0 Å². The molecule has 0 unspecified atom stereocenters. The average Bonchev–Trinajstić information content (AvgIpc) is 1.59. The minimum absolute atomic E-state index is 0.553. The third-order valence-electron chi connectivity index (χ3n) is 22.9. The first kappa shape index (κ1) is 77.8. The standard InChI is InChI=1S/C44H29N3O.C37H25N3O.C35H23N3O/c1-3-11-30(12-4-1)31-20-22-32(23-21-31)39-29-40(46-44(45-39)43-19-10-26-48-43)35-14-9-13-33(27-35)34-24-25-38-37-17-7-8-18-41(37)47(42(38)28-34)36-15-5-2-6-16-36;1-2-8-26(9-3-1)27-16-18-28(19-17-27)34-24-35(40-37(39-34)36-15-7-21-41-36)32-13-5-11-30(23-32)29-10-4-12-31(22-29)33-14-6-20-38-25-33;1-2-8-24(9-3-1)25-16-18-26(19-17-25)31-23-32(38-35(37-31)33-15-7-21-39-33)29-12-4-11-28(22-29)30-14-5-10-27-13-6-20-36-34(27)30/h1-29H;1-25H;1-23H. The minimum atomic E-state index is 0.553. The van der Waals surface area contributed by atoms with Crippen LogP contribution >= 0.6 is 0 Å². The van der Waals surface area contributed by atoms with Crippen molar-refractivity contribution >= 4 is 32.7 Å². The summed E-state index contributed by atoms with van der Waals surface area (Å²) in [5.74, 6) is 3.56. The van der Waals surface area contributed by atoms with Crippen LogP contribution in [-0.2, 0) is 0 Å². The summed E-state index contributed by atoms with van der Waals surface area (Å²) in [7, 11) is 0. The highest BCUT2D eigenvalue weighted by atomic mass is 16.3. The van der Waals surface area contributed by atoms with Gasteiger partial charge in [-0.25, -0.2) is 29.9 Å². The molecule has 0 saturated carbocycles. The Kier molecular flexibility index (Phi) is 21.6. The maximum absolute atomic E-state index is 5.76. The highest BCUT2D eigenvalue weighted by molar-refractivity contribution is 6.10. The van der Waals surface area contributed by atoms with E-state index in [1.165, 1.54) is 38.5 Å². The quantitative estimate of drug-likeness (QED) is 0.0858. The zero-order chi connectivity index (χ0) is 85.3. The van der Waals surface area contributed by atoms with Gasteiger partial charge in [-0.3, -0.25) is 9.97 Å². The molecule has 604 valence electrons. The molecule has 9 aromatic heterocycles. The molecule has 0 aliphatic heterocycles. The monoisotopic (exact) mass is 1640 g/mol. The van der Waals surface area contributed by atoms with Crippen LogP contribution in [0.2, 0.25) is 0 Å². The molecule has 0 atom stereocenters. The molecule has 9 heterocycles. The number of hydrogen-bond acceptors (Lipinski definition) is 11. The van der Waals surface area contributed by atoms with Crippen molar-refractivity contribution in [2.24, 2.45) is 0 Å². The van der Waals surface area contributed by atoms with Crippen LogP contribution in [0.5, 0.6) is 0 Å². The number of pyridine rings is 2. The molecule has 0 N–H and O–H groups in total. The van der Waals surface area contributed by atoms with E-state index < -0.39 is 0 Å². The van der Waals surface area contributed by atoms with Gasteiger partial charge >= 0.3 is 0 Å². The number of nitrogens with zero attached hydrogens (tertiary/aromatic N) is 9. The van der Waals surface area contributed by atoms with Gasteiger partial charge in [0.2, 0.25) is 0 Å². The van der Waals surface area contributed by atoms with E-state index in [1.54, 1.807) is 25.0 Å². The lowest BCUT2D eigenvalue weighted by Gasteiger charge is -2.11. The van der Waals surface area contributed by atoms with Gasteiger partial charge < -0.3 is 17.8 Å². The Bertz CT molecular complexity index is 7800. The first-order valence-electron chi connectivity index (χ1n) is 42.4. The summed E-state index contributed by atoms with van der Waals surface area (Å²) in [6.45, 7) is 0. The Morgan fingerprint density at radius 1 is 0.203 bits per heavy atom. The van der Waals surface area contributed by atoms with Crippen LogP contribution < -0.4 is 0 Å². The van der Waals surface area contributed by atoms with Crippen molar-refractivity contribution in [1.29, 1.82) is 0 Å². The van der Waals surface area contributed by atoms with Crippen LogP contribution in [0.25, 0.3) is 219 Å². The maximum Gasteiger partial charge on any atom is 0.196 e. The predicted molar refractivity (Wildman–Crippen MR) is 517 cm³/mol. The molecule has 14 aromatic carbocycles. The van der Waals surface area contributed by atoms with E-state index in [-0.39, 0.29) is 0 Å². The molecular weight excluding hydrogens is 1570 g/mol. The Morgan fingerprint density at radius 2 is 0.531 bits per heavy atom. The molecule has 0 spiro atoms. The van der Waals surface area contributed by atoms with Gasteiger partial charge in [-0.05, 0) is 182 Å². The van der Waals surface area contributed by atoms with E-state index in [9.17, 15) is 0 Å². The molecule has 0 radical (unpaired) electrons. The number of benzene rings is 14. The lowest BCUT2D eigenvalue weighted by Crippen LogP contribution is -1.95. The molecule has 0 bridgehead atoms. The zero-order valence-electron chi connectivity index (χ0n) is 69.2. The second-order valence-electron chi connectivity index (χ2n) is 31.0. The molecule has 23 aromatic rings. The van der Waals surface area contributed by atoms with E-state index in [2.05, 4.69) is 372 Å². The fourth-order valence-electron chi connectivity index (χ4n) is 16.5. The highest BCUT2D eigenvalue weighted by Crippen LogP contribution is 2.41. The summed E-state index contributed by atoms with van der Waals surface area (Å²) in [5.41, 5.74) is 31.5. The van der Waals surface area contributed by atoms with Crippen molar-refractivity contribution in [2.75, 3.05) is 0 Å². The van der Waals surface area contributed by atoms with Gasteiger partial charge in [0, 0.05) is 84.9 Å². The predicted octanol–water partition coefficient (Wildman–Crippen LogP) is 29.9. The Hall–Kier alpha value is -17.5. The zero-order valence-corrected chi connectivity index (χ0v) is 69.2. The normalized spacial score (nSPS) is 11.1. The molecule has 0 aliphatic rings. The van der Waals surface area contributed by atoms with Crippen molar-refractivity contribution in [2.45, 2.75) is 0 Å². The van der Waals surface area contributed by atoms with Crippen molar-refractivity contribution in [3.63, 3.8) is 0 Å². The van der Waals surface area contributed by atoms with E-state index in [0.29, 0.717) is 34.8 Å². The van der Waals surface area contributed by atoms with Gasteiger partial charge in [-0.2, -0.15) is 0 Å². The third kappa shape index (κ3) is 16.6. The van der Waals surface area contributed by atoms with Crippen LogP contribution in [0.1, 0.15) is 0 Å². The number of furan rings is 3. The summed E-state index contributed by atoms with van der Waals surface area (Å²) in [6, 6.07) is 148. The number of aromatic nitrogens is 9. The van der Waals surface area contributed by atoms with Crippen molar-refractivity contribution in [1.82, 2.24) is 44.4 Å². The first-order valence-corrected chi connectivity index (χ1v) is 42.4. The maximum atomic E-state index is 5.76. The Balaban J connectivity index is 0.000000117. The number of para-hydroxylation sites is 3. The topological polar surface area (TPSA) is 147 Å². The lowest BCUT2D eigenvalue weighted by atomic mass is 9.97. The number of rotatable bonds is 17. The summed E-state index contributed by atoms with van der Waals surface area (Å²) >= 11 is 0. The summed E-state index contributed by atoms with van der Waals surface area (Å²) < 4.78 is 19.5. The summed E-state index contributed by atoms with van der Waals surface area (Å²) in [5, 5.41) is 3.59. The fraction of sp³-hybridized carbons (Fsp3) is 0. The molecule has 0 saturated heterocycles. The second-order valence-corrected chi connectivity index (χ2v) is 31.0. The van der Waals surface area contributed by atoms with Crippen molar-refractivity contribution in [3.8, 4) is 186 Å². The molecule has 0 fully saturated rings. The largest absolute Gasteiger partial charge is 0.461 e. The van der Waals surface area contributed by atoms with Crippen molar-refractivity contribution < 1.29 is 13.3 Å². The van der Waals surface area contributed by atoms with Crippen LogP contribution in [0.15, 0.2) is 481 Å². The van der Waals surface area contributed by atoms with Crippen LogP contribution in [0, 0.1) is 0 Å². The molecule has 0 aliphatic carbocycles. The van der Waals surface area contributed by atoms with Gasteiger partial charge in [0.25, 0.3) is 0 Å². The third-order valence-corrected chi connectivity index (χ3v) is 22.9. The first-order chi connectivity index (χ1) is 63.4. The van der Waals surface area contributed by atoms with Crippen LogP contribution in [0.3, 0.4) is 0 Å². The molecule has 0 amide bonds. The van der Waals surface area contributed by atoms with E-state index >= 15 is 0 Å². The van der Waals surface area contributed by atoms with Crippen LogP contribution in [0.4, 0.5) is 0 Å². The Morgan fingerprint density at radius 3 is 0.977 bits per heavy atom. The SMILES string of the molecule is c1ccc(-c2ccc(-c3cc(-c4cccc(-c5ccc6c7ccccc7n(-c7ccccc7)c6c5)c4)nc(-c4ccco4)n3)cc2)cc1.c1ccc(-c2ccc(-c3cc(-c4cccc(-c5cccc(-c6cccnc6)c5)c4)nc(-c4ccco4)n3)cc2)cc1.c1ccc(-c2ccc(-c3cc(-c4cccc(-c5cccc6cccnc56)c4)nc(-c4ccco4)n3)cc2)cc1. The highest BCUT2D eigenvalue weighted by Gasteiger charge is 2.21. The molecular formula is C116H77N9O3. The lowest BCUT2D eigenvalue weighted by molar-refractivity contribution is 0.577. The minimum Gasteiger partial charge on any atom is -0.461 e. The summed E-state index contributed by atoms with van der Waals surface area (Å²) in [6.07, 6.45) is 10.5. The number of fused-ring (bicyclic) bond motifs is 4. The summed E-state index contributed by atoms with van der Waals surface area (Å²) in [4.78, 5) is 38.5. The Labute approximate surface area is 739 Å². The average molecular weight is 1640 g/mol. The van der Waals surface area contributed by atoms with Gasteiger partial charge in [0.15, 0.2) is 34.8 Å². The van der Waals surface area contributed by atoms with Gasteiger partial charge in [-0.15, -0.1) is 0 Å². The smallest absolute Gasteiger partial charge is 0.196 e. The van der Waals surface area contributed by atoms with Crippen molar-refractivity contribution in [3.05, 3.63) is 468 Å². The number of hydrogen-bond donors (Lipinski definition) is 0. The van der Waals surface area contributed by atoms with E-state index in [4.69, 9.17) is 43.2 Å². The second kappa shape index (κ2) is 35.5. The molecule has 12 heteroatoms. The van der Waals surface area contributed by atoms with E-state index in [1.807, 2.05) is 85.2 Å². The molecule has 12 nitrogen and oxygen atoms in total. The molecule has 128 heavy (non-hydrogen) atoms. The van der Waals surface area contributed by atoms with Crippen LogP contribution in [-0.4, -0.2) is 44.4 Å². The fourth-order valence-corrected chi connectivity index (χ4v) is 16.5. The molecule has 23 rings (SSSR count). The van der Waals surface area contributed by atoms with E-state index in [0.717, 1.165) is 145 Å².